The Bertz CT molecular complexity index is 999. The molecule has 1 N–H and O–H groups in total. The summed E-state index contributed by atoms with van der Waals surface area (Å²) in [6.45, 7) is 7.99. The Labute approximate surface area is 153 Å². The largest absolute Gasteiger partial charge is 0.334 e. The Balaban J connectivity index is 1.79. The summed E-state index contributed by atoms with van der Waals surface area (Å²) in [6.07, 6.45) is 0. The van der Waals surface area contributed by atoms with Crippen molar-refractivity contribution in [2.45, 2.75) is 38.0 Å². The molecule has 0 fully saturated rings. The molecule has 0 spiro atoms. The summed E-state index contributed by atoms with van der Waals surface area (Å²) in [6, 6.07) is 13.7. The standard InChI is InChI=1S/C19H21N3O3S/c1-13-20-18(25-21-13)14-5-9-16(10-6-14)22-26(23,24)17-11-7-15(8-12-17)19(2,3)4/h5-12,22H,1-4H3. The average molecular weight is 371 g/mol. The van der Waals surface area contributed by atoms with Gasteiger partial charge in [-0.1, -0.05) is 38.1 Å². The summed E-state index contributed by atoms with van der Waals surface area (Å²) in [4.78, 5) is 4.37. The van der Waals surface area contributed by atoms with E-state index < -0.39 is 10.0 Å². The zero-order chi connectivity index (χ0) is 18.9. The quantitative estimate of drug-likeness (QED) is 0.745. The molecule has 0 aliphatic carbocycles. The minimum absolute atomic E-state index is 0.0291. The van der Waals surface area contributed by atoms with Crippen LogP contribution in [0.2, 0.25) is 0 Å². The SMILES string of the molecule is Cc1noc(-c2ccc(NS(=O)(=O)c3ccc(C(C)(C)C)cc3)cc2)n1. The number of hydrogen-bond donors (Lipinski definition) is 1. The molecule has 1 heterocycles. The molecule has 0 unspecified atom stereocenters. The average Bonchev–Trinajstić information content (AvgIpc) is 3.01. The maximum absolute atomic E-state index is 12.6. The third kappa shape index (κ3) is 3.94. The van der Waals surface area contributed by atoms with Gasteiger partial charge in [-0.3, -0.25) is 4.72 Å². The number of nitrogens with one attached hydrogen (secondary N) is 1. The summed E-state index contributed by atoms with van der Waals surface area (Å²) in [5.74, 6) is 0.943. The number of benzene rings is 2. The topological polar surface area (TPSA) is 85.1 Å². The van der Waals surface area contributed by atoms with Crippen LogP contribution < -0.4 is 4.72 Å². The molecule has 0 radical (unpaired) electrons. The number of anilines is 1. The van der Waals surface area contributed by atoms with E-state index in [0.717, 1.165) is 11.1 Å². The van der Waals surface area contributed by atoms with Crippen molar-refractivity contribution in [2.24, 2.45) is 0 Å². The third-order valence-electron chi connectivity index (χ3n) is 3.94. The van der Waals surface area contributed by atoms with Gasteiger partial charge in [0.2, 0.25) is 0 Å². The lowest BCUT2D eigenvalue weighted by Gasteiger charge is -2.19. The Hall–Kier alpha value is -2.67. The summed E-state index contributed by atoms with van der Waals surface area (Å²) >= 11 is 0. The summed E-state index contributed by atoms with van der Waals surface area (Å²) < 4.78 is 32.8. The molecule has 0 atom stereocenters. The highest BCUT2D eigenvalue weighted by Crippen LogP contribution is 2.25. The van der Waals surface area contributed by atoms with E-state index in [1.54, 1.807) is 43.3 Å². The van der Waals surface area contributed by atoms with Crippen LogP contribution in [0.4, 0.5) is 5.69 Å². The fraction of sp³-hybridized carbons (Fsp3) is 0.263. The molecule has 0 aliphatic heterocycles. The molecule has 3 aromatic rings. The van der Waals surface area contributed by atoms with Gasteiger partial charge >= 0.3 is 0 Å². The number of aromatic nitrogens is 2. The number of nitrogens with zero attached hydrogens (tertiary/aromatic N) is 2. The van der Waals surface area contributed by atoms with Gasteiger partial charge in [0.05, 0.1) is 4.90 Å². The maximum Gasteiger partial charge on any atom is 0.261 e. The number of rotatable bonds is 4. The molecule has 0 saturated carbocycles. The van der Waals surface area contributed by atoms with Crippen LogP contribution in [0.15, 0.2) is 57.9 Å². The normalized spacial score (nSPS) is 12.2. The fourth-order valence-corrected chi connectivity index (χ4v) is 3.50. The Morgan fingerprint density at radius 1 is 0.962 bits per heavy atom. The highest BCUT2D eigenvalue weighted by atomic mass is 32.2. The molecule has 3 rings (SSSR count). The van der Waals surface area contributed by atoms with E-state index in [0.29, 0.717) is 17.4 Å². The van der Waals surface area contributed by atoms with E-state index in [9.17, 15) is 8.42 Å². The second kappa shape index (κ2) is 6.57. The first-order chi connectivity index (χ1) is 12.1. The van der Waals surface area contributed by atoms with Gasteiger partial charge < -0.3 is 4.52 Å². The monoisotopic (exact) mass is 371 g/mol. The van der Waals surface area contributed by atoms with Crippen LogP contribution in [0.25, 0.3) is 11.5 Å². The Morgan fingerprint density at radius 2 is 1.58 bits per heavy atom. The van der Waals surface area contributed by atoms with E-state index in [2.05, 4.69) is 35.6 Å². The number of hydrogen-bond acceptors (Lipinski definition) is 5. The molecule has 1 aromatic heterocycles. The van der Waals surface area contributed by atoms with Crippen molar-refractivity contribution in [3.8, 4) is 11.5 Å². The van der Waals surface area contributed by atoms with Crippen LogP contribution in [-0.2, 0) is 15.4 Å². The van der Waals surface area contributed by atoms with Gasteiger partial charge in [-0.15, -0.1) is 0 Å². The molecular weight excluding hydrogens is 350 g/mol. The van der Waals surface area contributed by atoms with Crippen LogP contribution in [-0.4, -0.2) is 18.6 Å². The van der Waals surface area contributed by atoms with Crippen LogP contribution in [0, 0.1) is 6.92 Å². The smallest absolute Gasteiger partial charge is 0.261 e. The van der Waals surface area contributed by atoms with Gasteiger partial charge in [-0.2, -0.15) is 4.98 Å². The lowest BCUT2D eigenvalue weighted by atomic mass is 9.87. The second-order valence-electron chi connectivity index (χ2n) is 7.10. The molecule has 7 heteroatoms. The molecule has 6 nitrogen and oxygen atoms in total. The van der Waals surface area contributed by atoms with Crippen LogP contribution >= 0.6 is 0 Å². The van der Waals surface area contributed by atoms with Gasteiger partial charge in [0.25, 0.3) is 15.9 Å². The highest BCUT2D eigenvalue weighted by Gasteiger charge is 2.18. The minimum Gasteiger partial charge on any atom is -0.334 e. The van der Waals surface area contributed by atoms with Gasteiger partial charge in [0.1, 0.15) is 0 Å². The van der Waals surface area contributed by atoms with Crippen molar-refractivity contribution in [1.82, 2.24) is 10.1 Å². The maximum atomic E-state index is 12.6. The Morgan fingerprint density at radius 3 is 2.08 bits per heavy atom. The van der Waals surface area contributed by atoms with Crippen molar-refractivity contribution >= 4 is 15.7 Å². The molecular formula is C19H21N3O3S. The molecule has 0 amide bonds. The summed E-state index contributed by atoms with van der Waals surface area (Å²) in [5.41, 5.74) is 2.24. The molecule has 2 aromatic carbocycles. The van der Waals surface area contributed by atoms with E-state index >= 15 is 0 Å². The van der Waals surface area contributed by atoms with E-state index in [-0.39, 0.29) is 10.3 Å². The molecule has 26 heavy (non-hydrogen) atoms. The Kier molecular flexibility index (Phi) is 4.58. The van der Waals surface area contributed by atoms with Gasteiger partial charge in [0, 0.05) is 11.3 Å². The van der Waals surface area contributed by atoms with Gasteiger partial charge in [-0.25, -0.2) is 8.42 Å². The highest BCUT2D eigenvalue weighted by molar-refractivity contribution is 7.92. The van der Waals surface area contributed by atoms with Crippen LogP contribution in [0.3, 0.4) is 0 Å². The van der Waals surface area contributed by atoms with Crippen molar-refractivity contribution in [3.63, 3.8) is 0 Å². The van der Waals surface area contributed by atoms with E-state index in [1.807, 2.05) is 12.1 Å². The summed E-state index contributed by atoms with van der Waals surface area (Å²) in [5, 5.41) is 3.74. The van der Waals surface area contributed by atoms with Crippen LogP contribution in [0.5, 0.6) is 0 Å². The van der Waals surface area contributed by atoms with Gasteiger partial charge in [0.15, 0.2) is 5.82 Å². The summed E-state index contributed by atoms with van der Waals surface area (Å²) in [7, 11) is -3.65. The zero-order valence-electron chi connectivity index (χ0n) is 15.1. The number of aryl methyl sites for hydroxylation is 1. The van der Waals surface area contributed by atoms with E-state index in [4.69, 9.17) is 4.52 Å². The van der Waals surface area contributed by atoms with Crippen LogP contribution in [0.1, 0.15) is 32.2 Å². The fourth-order valence-electron chi connectivity index (χ4n) is 2.44. The molecule has 0 aliphatic rings. The molecule has 0 bridgehead atoms. The van der Waals surface area contributed by atoms with Crippen molar-refractivity contribution < 1.29 is 12.9 Å². The molecule has 136 valence electrons. The third-order valence-corrected chi connectivity index (χ3v) is 5.34. The minimum atomic E-state index is -3.65. The predicted molar refractivity (Wildman–Crippen MR) is 100 cm³/mol. The predicted octanol–water partition coefficient (Wildman–Crippen LogP) is 4.14. The van der Waals surface area contributed by atoms with Crippen molar-refractivity contribution in [3.05, 3.63) is 59.9 Å². The lowest BCUT2D eigenvalue weighted by molar-refractivity contribution is 0.425. The van der Waals surface area contributed by atoms with Crippen molar-refractivity contribution in [2.75, 3.05) is 4.72 Å². The lowest BCUT2D eigenvalue weighted by Crippen LogP contribution is -2.14. The van der Waals surface area contributed by atoms with Crippen molar-refractivity contribution in [1.29, 1.82) is 0 Å². The second-order valence-corrected chi connectivity index (χ2v) is 8.79. The first-order valence-corrected chi connectivity index (χ1v) is 9.67. The van der Waals surface area contributed by atoms with E-state index in [1.165, 1.54) is 0 Å². The zero-order valence-corrected chi connectivity index (χ0v) is 16.0. The first-order valence-electron chi connectivity index (χ1n) is 8.19. The first kappa shape index (κ1) is 18.1. The molecule has 0 saturated heterocycles. The van der Waals surface area contributed by atoms with Gasteiger partial charge in [-0.05, 0) is 54.3 Å². The number of sulfonamides is 1.